The first kappa shape index (κ1) is 13.9. The van der Waals surface area contributed by atoms with Crippen molar-refractivity contribution in [2.45, 2.75) is 11.3 Å². The summed E-state index contributed by atoms with van der Waals surface area (Å²) < 4.78 is 47.4. The van der Waals surface area contributed by atoms with Crippen molar-refractivity contribution in [1.29, 1.82) is 5.26 Å². The van der Waals surface area contributed by atoms with E-state index in [1.165, 1.54) is 6.07 Å². The number of nitriles is 1. The molecule has 11 heteroatoms. The van der Waals surface area contributed by atoms with Crippen LogP contribution in [0.2, 0.25) is 0 Å². The minimum absolute atomic E-state index is 0.464. The van der Waals surface area contributed by atoms with Crippen LogP contribution in [-0.4, -0.2) is 18.3 Å². The molecule has 0 spiro atoms. The third kappa shape index (κ3) is 2.55. The summed E-state index contributed by atoms with van der Waals surface area (Å²) in [5, 5.41) is 23.7. The Morgan fingerprint density at radius 1 is 1.56 bits per heavy atom. The molecule has 96 valence electrons. The molecule has 0 saturated heterocycles. The van der Waals surface area contributed by atoms with E-state index in [1.54, 1.807) is 0 Å². The molecule has 8 nitrogen and oxygen atoms in total. The average molecular weight is 278 g/mol. The zero-order valence-corrected chi connectivity index (χ0v) is 9.19. The third-order valence-electron chi connectivity index (χ3n) is 1.78. The summed E-state index contributed by atoms with van der Waals surface area (Å²) in [6, 6.07) is 1.72. The summed E-state index contributed by atoms with van der Waals surface area (Å²) in [6.45, 7) is 0. The lowest BCUT2D eigenvalue weighted by Crippen LogP contribution is -2.18. The van der Waals surface area contributed by atoms with Gasteiger partial charge in [0.25, 0.3) is 0 Å². The Kier molecular flexibility index (Phi) is 3.54. The van der Waals surface area contributed by atoms with E-state index in [0.29, 0.717) is 6.07 Å². The molecule has 0 aliphatic rings. The van der Waals surface area contributed by atoms with Gasteiger partial charge in [-0.2, -0.15) is 5.26 Å². The van der Waals surface area contributed by atoms with Gasteiger partial charge in [-0.05, 0) is 9.91 Å². The van der Waals surface area contributed by atoms with E-state index in [-0.39, 0.29) is 0 Å². The quantitative estimate of drug-likeness (QED) is 0.628. The van der Waals surface area contributed by atoms with E-state index in [9.17, 15) is 27.3 Å². The lowest BCUT2D eigenvalue weighted by Gasteiger charge is -2.04. The van der Waals surface area contributed by atoms with Crippen LogP contribution in [0, 0.1) is 21.4 Å². The van der Waals surface area contributed by atoms with Gasteiger partial charge >= 0.3 is 12.2 Å². The third-order valence-corrected chi connectivity index (χ3v) is 2.78. The van der Waals surface area contributed by atoms with Crippen molar-refractivity contribution in [3.63, 3.8) is 0 Å². The van der Waals surface area contributed by atoms with Gasteiger partial charge in [0.1, 0.15) is 6.07 Å². The van der Waals surface area contributed by atoms with Crippen LogP contribution in [0.5, 0.6) is 0 Å². The van der Waals surface area contributed by atoms with Gasteiger partial charge in [0.05, 0.1) is 11.6 Å². The van der Waals surface area contributed by atoms with E-state index in [0.717, 1.165) is 0 Å². The number of halogens is 2. The van der Waals surface area contributed by atoms with Gasteiger partial charge in [-0.25, -0.2) is 22.3 Å². The van der Waals surface area contributed by atoms with Crippen molar-refractivity contribution in [3.8, 4) is 6.07 Å². The molecule has 1 rings (SSSR count). The molecule has 1 aromatic heterocycles. The molecule has 0 aliphatic carbocycles. The van der Waals surface area contributed by atoms with Gasteiger partial charge in [-0.15, -0.1) is 0 Å². The average Bonchev–Trinajstić information content (AvgIpc) is 2.25. The molecule has 0 saturated carbocycles. The molecule has 0 unspecified atom stereocenters. The highest BCUT2D eigenvalue weighted by molar-refractivity contribution is 7.89. The lowest BCUT2D eigenvalue weighted by atomic mass is 10.2. The van der Waals surface area contributed by atoms with Gasteiger partial charge in [0, 0.05) is 0 Å². The van der Waals surface area contributed by atoms with Crippen molar-refractivity contribution < 1.29 is 22.1 Å². The minimum atomic E-state index is -4.65. The molecule has 1 aromatic rings. The SMILES string of the molecule is N#Cc1cc([N+](=O)[O-])nc(C(F)F)c1S(N)(=O)=O. The molecule has 2 N–H and O–H groups in total. The summed E-state index contributed by atoms with van der Waals surface area (Å²) in [4.78, 5) is 11.0. The number of nitro groups is 1. The zero-order valence-electron chi connectivity index (χ0n) is 8.37. The molecule has 0 aromatic carbocycles. The molecule has 0 bridgehead atoms. The first-order valence-electron chi connectivity index (χ1n) is 4.09. The number of rotatable bonds is 3. The van der Waals surface area contributed by atoms with Crippen LogP contribution in [0.1, 0.15) is 17.7 Å². The first-order chi connectivity index (χ1) is 8.18. The number of sulfonamides is 1. The predicted molar refractivity (Wildman–Crippen MR) is 51.9 cm³/mol. The number of primary sulfonamides is 1. The van der Waals surface area contributed by atoms with Crippen molar-refractivity contribution >= 4 is 15.8 Å². The summed E-state index contributed by atoms with van der Waals surface area (Å²) in [5.41, 5.74) is -2.27. The smallest absolute Gasteiger partial charge is 0.358 e. The summed E-state index contributed by atoms with van der Waals surface area (Å²) in [7, 11) is -4.65. The summed E-state index contributed by atoms with van der Waals surface area (Å²) >= 11 is 0. The molecule has 0 fully saturated rings. The molecule has 0 aliphatic heterocycles. The van der Waals surface area contributed by atoms with Gasteiger partial charge < -0.3 is 10.1 Å². The molecule has 0 atom stereocenters. The molecule has 0 radical (unpaired) electrons. The van der Waals surface area contributed by atoms with Crippen LogP contribution in [-0.2, 0) is 10.0 Å². The van der Waals surface area contributed by atoms with Gasteiger partial charge in [0.2, 0.25) is 15.7 Å². The van der Waals surface area contributed by atoms with Crippen molar-refractivity contribution in [2.75, 3.05) is 0 Å². The van der Waals surface area contributed by atoms with Crippen LogP contribution in [0.3, 0.4) is 0 Å². The van der Waals surface area contributed by atoms with Gasteiger partial charge in [0.15, 0.2) is 4.90 Å². The number of hydrogen-bond donors (Lipinski definition) is 1. The van der Waals surface area contributed by atoms with Crippen LogP contribution in [0.25, 0.3) is 0 Å². The van der Waals surface area contributed by atoms with Crippen LogP contribution in [0.4, 0.5) is 14.6 Å². The molecule has 1 heterocycles. The second kappa shape index (κ2) is 4.59. The fourth-order valence-electron chi connectivity index (χ4n) is 1.16. The van der Waals surface area contributed by atoms with Crippen molar-refractivity contribution in [2.24, 2.45) is 5.14 Å². The molecule has 0 amide bonds. The largest absolute Gasteiger partial charge is 0.365 e. The monoisotopic (exact) mass is 278 g/mol. The first-order valence-corrected chi connectivity index (χ1v) is 5.63. The number of nitrogens with zero attached hydrogens (tertiary/aromatic N) is 3. The number of alkyl halides is 2. The molecular weight excluding hydrogens is 274 g/mol. The maximum atomic E-state index is 12.6. The van der Waals surface area contributed by atoms with Crippen molar-refractivity contribution in [1.82, 2.24) is 4.98 Å². The van der Waals surface area contributed by atoms with Crippen LogP contribution in [0.15, 0.2) is 11.0 Å². The second-order valence-corrected chi connectivity index (χ2v) is 4.46. The maximum Gasteiger partial charge on any atom is 0.365 e. The predicted octanol–water partition coefficient (Wildman–Crippen LogP) is 0.446. The Balaban J connectivity index is 3.81. The van der Waals surface area contributed by atoms with E-state index in [1.807, 2.05) is 0 Å². The number of pyridine rings is 1. The Bertz CT molecular complexity index is 652. The number of nitrogens with two attached hydrogens (primary N) is 1. The Labute approximate surface area is 98.9 Å². The highest BCUT2D eigenvalue weighted by Crippen LogP contribution is 2.29. The lowest BCUT2D eigenvalue weighted by molar-refractivity contribution is -0.389. The highest BCUT2D eigenvalue weighted by atomic mass is 32.2. The van der Waals surface area contributed by atoms with Crippen LogP contribution >= 0.6 is 0 Å². The molecule has 18 heavy (non-hydrogen) atoms. The van der Waals surface area contributed by atoms with E-state index < -0.39 is 43.3 Å². The van der Waals surface area contributed by atoms with E-state index >= 15 is 0 Å². The minimum Gasteiger partial charge on any atom is -0.358 e. The Morgan fingerprint density at radius 3 is 2.44 bits per heavy atom. The fraction of sp³-hybridized carbons (Fsp3) is 0.143. The van der Waals surface area contributed by atoms with Gasteiger partial charge in [-0.3, -0.25) is 0 Å². The normalized spacial score (nSPS) is 11.3. The topological polar surface area (TPSA) is 140 Å². The Morgan fingerprint density at radius 2 is 2.11 bits per heavy atom. The second-order valence-electron chi connectivity index (χ2n) is 2.96. The van der Waals surface area contributed by atoms with Crippen LogP contribution < -0.4 is 5.14 Å². The van der Waals surface area contributed by atoms with Gasteiger partial charge in [-0.1, -0.05) is 0 Å². The summed E-state index contributed by atoms with van der Waals surface area (Å²) in [5.74, 6) is -1.06. The molecular formula is C7H4F2N4O4S. The zero-order chi connectivity index (χ0) is 14.1. The fourth-order valence-corrected chi connectivity index (χ4v) is 2.00. The van der Waals surface area contributed by atoms with Crippen molar-refractivity contribution in [3.05, 3.63) is 27.4 Å². The summed E-state index contributed by atoms with van der Waals surface area (Å²) in [6.07, 6.45) is -3.43. The highest BCUT2D eigenvalue weighted by Gasteiger charge is 2.33. The van der Waals surface area contributed by atoms with E-state index in [4.69, 9.17) is 5.26 Å². The maximum absolute atomic E-state index is 12.6. The number of aromatic nitrogens is 1. The Hall–Kier alpha value is -2.19. The number of hydrogen-bond acceptors (Lipinski definition) is 6. The standard InChI is InChI=1S/C7H4F2N4O4S/c8-7(9)5-6(18(11,16)17)3(2-10)1-4(12-5)13(14)15/h1,7H,(H2,11,16,17). The van der Waals surface area contributed by atoms with E-state index in [2.05, 4.69) is 10.1 Å².